The maximum Gasteiger partial charge on any atom is 0.226 e. The number of carbonyl (C=O) groups excluding carboxylic acids is 1. The summed E-state index contributed by atoms with van der Waals surface area (Å²) in [6, 6.07) is 0. The number of carbonyl (C=O) groups is 1. The Morgan fingerprint density at radius 3 is 3.16 bits per heavy atom. The summed E-state index contributed by atoms with van der Waals surface area (Å²) in [5.41, 5.74) is 0. The monoisotopic (exact) mass is 266 g/mol. The van der Waals surface area contributed by atoms with Crippen molar-refractivity contribution < 1.29 is 9.32 Å². The third kappa shape index (κ3) is 4.63. The third-order valence-electron chi connectivity index (χ3n) is 3.43. The van der Waals surface area contributed by atoms with Gasteiger partial charge in [0.25, 0.3) is 0 Å². The lowest BCUT2D eigenvalue weighted by Gasteiger charge is -2.07. The van der Waals surface area contributed by atoms with E-state index in [9.17, 15) is 4.79 Å². The number of amides is 1. The highest BCUT2D eigenvalue weighted by Crippen LogP contribution is 2.13. The summed E-state index contributed by atoms with van der Waals surface area (Å²) < 4.78 is 5.01. The van der Waals surface area contributed by atoms with E-state index in [1.54, 1.807) is 0 Å². The molecule has 1 aliphatic heterocycles. The molecule has 19 heavy (non-hydrogen) atoms. The lowest BCUT2D eigenvalue weighted by atomic mass is 10.0. The van der Waals surface area contributed by atoms with Crippen molar-refractivity contribution in [2.24, 2.45) is 5.92 Å². The van der Waals surface area contributed by atoms with E-state index in [2.05, 4.69) is 20.8 Å². The summed E-state index contributed by atoms with van der Waals surface area (Å²) in [5.74, 6) is 2.09. The van der Waals surface area contributed by atoms with Crippen molar-refractivity contribution >= 4 is 5.91 Å². The summed E-state index contributed by atoms with van der Waals surface area (Å²) in [7, 11) is 0. The molecular formula is C13H22N4O2. The van der Waals surface area contributed by atoms with E-state index in [0.29, 0.717) is 37.0 Å². The van der Waals surface area contributed by atoms with E-state index >= 15 is 0 Å². The predicted octanol–water partition coefficient (Wildman–Crippen LogP) is 0.680. The molecule has 1 aromatic heterocycles. The molecule has 0 aromatic carbocycles. The molecule has 0 saturated carbocycles. The van der Waals surface area contributed by atoms with Crippen molar-refractivity contribution in [3.05, 3.63) is 11.7 Å². The summed E-state index contributed by atoms with van der Waals surface area (Å²) >= 11 is 0. The topological polar surface area (TPSA) is 80.0 Å². The van der Waals surface area contributed by atoms with Gasteiger partial charge in [-0.15, -0.1) is 0 Å². The SMILES string of the molecule is CCc1nc(CCNC(=O)CCC2CCNC2)no1. The van der Waals surface area contributed by atoms with Crippen LogP contribution in [0.1, 0.15) is 37.9 Å². The number of nitrogens with zero attached hydrogens (tertiary/aromatic N) is 2. The van der Waals surface area contributed by atoms with Crippen molar-refractivity contribution in [2.45, 2.75) is 39.0 Å². The van der Waals surface area contributed by atoms with Crippen LogP contribution in [-0.4, -0.2) is 35.7 Å². The fourth-order valence-corrected chi connectivity index (χ4v) is 2.23. The van der Waals surface area contributed by atoms with Gasteiger partial charge >= 0.3 is 0 Å². The molecule has 1 aliphatic rings. The average molecular weight is 266 g/mol. The molecule has 2 N–H and O–H groups in total. The van der Waals surface area contributed by atoms with Gasteiger partial charge in [0.05, 0.1) is 0 Å². The molecule has 1 fully saturated rings. The Morgan fingerprint density at radius 1 is 1.58 bits per heavy atom. The highest BCUT2D eigenvalue weighted by atomic mass is 16.5. The van der Waals surface area contributed by atoms with Gasteiger partial charge < -0.3 is 15.2 Å². The van der Waals surface area contributed by atoms with Crippen molar-refractivity contribution in [2.75, 3.05) is 19.6 Å². The van der Waals surface area contributed by atoms with Crippen LogP contribution in [0, 0.1) is 5.92 Å². The summed E-state index contributed by atoms with van der Waals surface area (Å²) in [4.78, 5) is 15.9. The molecule has 0 aliphatic carbocycles. The van der Waals surface area contributed by atoms with Gasteiger partial charge in [-0.3, -0.25) is 4.79 Å². The Labute approximate surface area is 113 Å². The Kier molecular flexibility index (Phi) is 5.32. The molecule has 1 amide bonds. The normalized spacial score (nSPS) is 18.7. The van der Waals surface area contributed by atoms with E-state index in [1.807, 2.05) is 6.92 Å². The molecule has 6 nitrogen and oxygen atoms in total. The second-order valence-electron chi connectivity index (χ2n) is 4.96. The standard InChI is InChI=1S/C13H22N4O2/c1-2-13-16-11(17-19-13)6-8-15-12(18)4-3-10-5-7-14-9-10/h10,14H,2-9H2,1H3,(H,15,18). The van der Waals surface area contributed by atoms with E-state index in [1.165, 1.54) is 6.42 Å². The Morgan fingerprint density at radius 2 is 2.47 bits per heavy atom. The van der Waals surface area contributed by atoms with E-state index in [0.717, 1.165) is 25.9 Å². The number of hydrogen-bond donors (Lipinski definition) is 2. The zero-order valence-electron chi connectivity index (χ0n) is 11.4. The van der Waals surface area contributed by atoms with Gasteiger partial charge in [-0.25, -0.2) is 0 Å². The first-order valence-electron chi connectivity index (χ1n) is 7.06. The van der Waals surface area contributed by atoms with Gasteiger partial charge in [-0.1, -0.05) is 12.1 Å². The number of hydrogen-bond acceptors (Lipinski definition) is 5. The molecule has 1 aromatic rings. The molecule has 2 heterocycles. The smallest absolute Gasteiger partial charge is 0.226 e. The third-order valence-corrected chi connectivity index (χ3v) is 3.43. The number of aryl methyl sites for hydroxylation is 1. The minimum absolute atomic E-state index is 0.117. The van der Waals surface area contributed by atoms with Crippen LogP contribution in [0.5, 0.6) is 0 Å². The molecule has 0 radical (unpaired) electrons. The van der Waals surface area contributed by atoms with Crippen molar-refractivity contribution in [1.29, 1.82) is 0 Å². The molecule has 106 valence electrons. The fourth-order valence-electron chi connectivity index (χ4n) is 2.23. The Bertz CT molecular complexity index is 399. The van der Waals surface area contributed by atoms with Gasteiger partial charge in [0.15, 0.2) is 5.82 Å². The molecule has 6 heteroatoms. The number of rotatable bonds is 7. The first kappa shape index (κ1) is 14.0. The summed E-state index contributed by atoms with van der Waals surface area (Å²) in [6.07, 6.45) is 4.14. The van der Waals surface area contributed by atoms with Gasteiger partial charge in [0.1, 0.15) is 0 Å². The lowest BCUT2D eigenvalue weighted by Crippen LogP contribution is -2.26. The maximum absolute atomic E-state index is 11.7. The van der Waals surface area contributed by atoms with Crippen LogP contribution in [-0.2, 0) is 17.6 Å². The number of nitrogens with one attached hydrogen (secondary N) is 2. The quantitative estimate of drug-likeness (QED) is 0.758. The lowest BCUT2D eigenvalue weighted by molar-refractivity contribution is -0.121. The van der Waals surface area contributed by atoms with Gasteiger partial charge in [0.2, 0.25) is 11.8 Å². The highest BCUT2D eigenvalue weighted by Gasteiger charge is 2.15. The van der Waals surface area contributed by atoms with E-state index in [-0.39, 0.29) is 5.91 Å². The molecular weight excluding hydrogens is 244 g/mol. The summed E-state index contributed by atoms with van der Waals surface area (Å²) in [5, 5.41) is 10.1. The summed E-state index contributed by atoms with van der Waals surface area (Å²) in [6.45, 7) is 4.68. The number of aromatic nitrogens is 2. The predicted molar refractivity (Wildman–Crippen MR) is 70.6 cm³/mol. The molecule has 0 spiro atoms. The highest BCUT2D eigenvalue weighted by molar-refractivity contribution is 5.75. The minimum Gasteiger partial charge on any atom is -0.356 e. The van der Waals surface area contributed by atoms with Crippen LogP contribution < -0.4 is 10.6 Å². The fraction of sp³-hybridized carbons (Fsp3) is 0.769. The average Bonchev–Trinajstić information content (AvgIpc) is 3.07. The van der Waals surface area contributed by atoms with Crippen LogP contribution in [0.2, 0.25) is 0 Å². The Hall–Kier alpha value is -1.43. The van der Waals surface area contributed by atoms with Crippen LogP contribution in [0.4, 0.5) is 0 Å². The second-order valence-corrected chi connectivity index (χ2v) is 4.96. The van der Waals surface area contributed by atoms with Gasteiger partial charge in [0, 0.05) is 25.8 Å². The van der Waals surface area contributed by atoms with Crippen molar-refractivity contribution in [3.8, 4) is 0 Å². The molecule has 0 bridgehead atoms. The van der Waals surface area contributed by atoms with Crippen LogP contribution in [0.15, 0.2) is 4.52 Å². The Balaban J connectivity index is 1.58. The maximum atomic E-state index is 11.7. The second kappa shape index (κ2) is 7.23. The first-order chi connectivity index (χ1) is 9.28. The molecule has 1 saturated heterocycles. The van der Waals surface area contributed by atoms with E-state index < -0.39 is 0 Å². The molecule has 1 atom stereocenters. The van der Waals surface area contributed by atoms with Crippen LogP contribution >= 0.6 is 0 Å². The van der Waals surface area contributed by atoms with Gasteiger partial charge in [-0.05, 0) is 31.8 Å². The minimum atomic E-state index is 0.117. The van der Waals surface area contributed by atoms with E-state index in [4.69, 9.17) is 4.52 Å². The van der Waals surface area contributed by atoms with Crippen molar-refractivity contribution in [1.82, 2.24) is 20.8 Å². The van der Waals surface area contributed by atoms with Crippen LogP contribution in [0.25, 0.3) is 0 Å². The van der Waals surface area contributed by atoms with Crippen LogP contribution in [0.3, 0.4) is 0 Å². The van der Waals surface area contributed by atoms with Gasteiger partial charge in [-0.2, -0.15) is 4.98 Å². The molecule has 1 unspecified atom stereocenters. The van der Waals surface area contributed by atoms with Crippen molar-refractivity contribution in [3.63, 3.8) is 0 Å². The zero-order valence-corrected chi connectivity index (χ0v) is 11.4. The zero-order chi connectivity index (χ0) is 13.5. The largest absolute Gasteiger partial charge is 0.356 e. The molecule has 2 rings (SSSR count). The first-order valence-corrected chi connectivity index (χ1v) is 7.06.